The molecule has 0 unspecified atom stereocenters. The number of benzene rings is 3. The number of rotatable bonds is 11. The molecular weight excluding hydrogens is 502 g/mol. The first kappa shape index (κ1) is 29.1. The second-order valence-corrected chi connectivity index (χ2v) is 12.1. The zero-order chi connectivity index (χ0) is 28.8. The van der Waals surface area contributed by atoms with Crippen LogP contribution in [0.4, 0.5) is 0 Å². The molecule has 0 bridgehead atoms. The lowest BCUT2D eigenvalue weighted by atomic mass is 9.88. The summed E-state index contributed by atoms with van der Waals surface area (Å²) in [4.78, 5) is 8.10. The molecule has 1 aromatic heterocycles. The molecule has 0 aliphatic heterocycles. The van der Waals surface area contributed by atoms with E-state index in [1.807, 2.05) is 13.8 Å². The van der Waals surface area contributed by atoms with Gasteiger partial charge in [-0.3, -0.25) is 4.90 Å². The van der Waals surface area contributed by atoms with Crippen LogP contribution in [0.5, 0.6) is 5.75 Å². The average molecular weight is 550 g/mol. The number of phenolic OH excluding ortho intramolecular Hbond substituents is 1. The highest BCUT2D eigenvalue weighted by Gasteiger charge is 2.29. The molecule has 1 saturated carbocycles. The Morgan fingerprint density at radius 3 is 2.12 bits per heavy atom. The molecule has 1 atom stereocenters. The Hall–Kier alpha value is -3.37. The van der Waals surface area contributed by atoms with Crippen LogP contribution in [0.15, 0.2) is 72.8 Å². The van der Waals surface area contributed by atoms with Crippen molar-refractivity contribution in [2.75, 3.05) is 6.54 Å². The maximum atomic E-state index is 10.5. The van der Waals surface area contributed by atoms with Gasteiger partial charge in [0.1, 0.15) is 11.6 Å². The van der Waals surface area contributed by atoms with Crippen LogP contribution in [0.1, 0.15) is 87.2 Å². The summed E-state index contributed by atoms with van der Waals surface area (Å²) in [6.45, 7) is 11.6. The van der Waals surface area contributed by atoms with Crippen molar-refractivity contribution in [1.29, 1.82) is 0 Å². The van der Waals surface area contributed by atoms with Gasteiger partial charge in [0.25, 0.3) is 0 Å². The fourth-order valence-electron chi connectivity index (χ4n) is 6.65. The maximum absolute atomic E-state index is 10.5. The number of aromatic nitrogens is 2. The van der Waals surface area contributed by atoms with Gasteiger partial charge >= 0.3 is 0 Å². The Kier molecular flexibility index (Phi) is 9.61. The Balaban J connectivity index is 1.63. The molecule has 0 radical (unpaired) electrons. The number of aromatic hydroxyl groups is 1. The molecule has 1 fully saturated rings. The van der Waals surface area contributed by atoms with E-state index >= 15 is 0 Å². The van der Waals surface area contributed by atoms with Gasteiger partial charge in [-0.05, 0) is 62.6 Å². The molecule has 3 aromatic carbocycles. The van der Waals surface area contributed by atoms with E-state index in [9.17, 15) is 5.11 Å². The van der Waals surface area contributed by atoms with E-state index in [1.165, 1.54) is 54.5 Å². The highest BCUT2D eigenvalue weighted by atomic mass is 16.3. The first-order valence-corrected chi connectivity index (χ1v) is 15.7. The predicted octanol–water partition coefficient (Wildman–Crippen LogP) is 9.48. The van der Waals surface area contributed by atoms with Gasteiger partial charge in [0.05, 0.1) is 11.4 Å². The summed E-state index contributed by atoms with van der Waals surface area (Å²) in [5.41, 5.74) is 7.93. The van der Waals surface area contributed by atoms with Gasteiger partial charge in [-0.2, -0.15) is 0 Å². The monoisotopic (exact) mass is 549 g/mol. The van der Waals surface area contributed by atoms with Crippen LogP contribution in [0.25, 0.3) is 22.6 Å². The fourth-order valence-corrected chi connectivity index (χ4v) is 6.65. The van der Waals surface area contributed by atoms with E-state index in [4.69, 9.17) is 4.98 Å². The van der Waals surface area contributed by atoms with Crippen LogP contribution in [-0.2, 0) is 13.1 Å². The van der Waals surface area contributed by atoms with E-state index in [0.29, 0.717) is 11.7 Å². The smallest absolute Gasteiger partial charge is 0.140 e. The lowest BCUT2D eigenvalue weighted by Gasteiger charge is -2.35. The van der Waals surface area contributed by atoms with Gasteiger partial charge in [-0.25, -0.2) is 4.98 Å². The number of aryl methyl sites for hydroxylation is 2. The standard InChI is InChI=1S/C37H47N3O/c1-5-6-22-40-35(34(32-18-12-8-13-19-32)38-37(40)33-20-14-9-15-21-33)29(4)39(25-30-16-10-7-11-17-30)26-31-23-27(2)36(41)28(3)24-31/h8-9,12-15,18-21,23-24,29-30,41H,5-7,10-11,16-17,22,25-26H2,1-4H3/t29-/m1/s1. The zero-order valence-corrected chi connectivity index (χ0v) is 25.4. The Morgan fingerprint density at radius 1 is 0.902 bits per heavy atom. The molecular formula is C37H47N3O. The van der Waals surface area contributed by atoms with E-state index in [2.05, 4.69) is 96.1 Å². The minimum Gasteiger partial charge on any atom is -0.507 e. The van der Waals surface area contributed by atoms with Crippen molar-refractivity contribution in [3.63, 3.8) is 0 Å². The highest BCUT2D eigenvalue weighted by Crippen LogP contribution is 2.38. The quantitative estimate of drug-likeness (QED) is 0.203. The van der Waals surface area contributed by atoms with E-state index in [-0.39, 0.29) is 6.04 Å². The first-order valence-electron chi connectivity index (χ1n) is 15.7. The van der Waals surface area contributed by atoms with E-state index in [0.717, 1.165) is 55.1 Å². The van der Waals surface area contributed by atoms with E-state index < -0.39 is 0 Å². The minimum absolute atomic E-state index is 0.170. The van der Waals surface area contributed by atoms with Crippen LogP contribution >= 0.6 is 0 Å². The van der Waals surface area contributed by atoms with Crippen molar-refractivity contribution in [3.05, 3.63) is 95.2 Å². The fraction of sp³-hybridized carbons (Fsp3) is 0.432. The normalized spacial score (nSPS) is 15.0. The van der Waals surface area contributed by atoms with Crippen molar-refractivity contribution < 1.29 is 5.11 Å². The Labute approximate surface area is 247 Å². The Morgan fingerprint density at radius 2 is 1.51 bits per heavy atom. The summed E-state index contributed by atoms with van der Waals surface area (Å²) < 4.78 is 2.52. The molecule has 1 N–H and O–H groups in total. The second kappa shape index (κ2) is 13.5. The van der Waals surface area contributed by atoms with Crippen molar-refractivity contribution >= 4 is 0 Å². The SMILES string of the molecule is CCCCn1c(-c2ccccc2)nc(-c2ccccc2)c1[C@@H](C)N(Cc1cc(C)c(O)c(C)c1)CC1CCCCC1. The summed E-state index contributed by atoms with van der Waals surface area (Å²) in [5.74, 6) is 2.19. The number of hydrogen-bond donors (Lipinski definition) is 1. The Bertz CT molecular complexity index is 1380. The highest BCUT2D eigenvalue weighted by molar-refractivity contribution is 5.69. The molecule has 1 aliphatic carbocycles. The van der Waals surface area contributed by atoms with Gasteiger partial charge in [0, 0.05) is 36.8 Å². The summed E-state index contributed by atoms with van der Waals surface area (Å²) in [7, 11) is 0. The third kappa shape index (κ3) is 6.76. The summed E-state index contributed by atoms with van der Waals surface area (Å²) in [6.07, 6.45) is 8.92. The number of hydrogen-bond acceptors (Lipinski definition) is 3. The maximum Gasteiger partial charge on any atom is 0.140 e. The topological polar surface area (TPSA) is 41.3 Å². The molecule has 0 amide bonds. The molecule has 1 aliphatic rings. The van der Waals surface area contributed by atoms with Crippen molar-refractivity contribution in [3.8, 4) is 28.4 Å². The molecule has 5 rings (SSSR count). The number of nitrogens with zero attached hydrogens (tertiary/aromatic N) is 3. The van der Waals surface area contributed by atoms with Gasteiger partial charge in [0.2, 0.25) is 0 Å². The molecule has 4 nitrogen and oxygen atoms in total. The number of unbranched alkanes of at least 4 members (excludes halogenated alkanes) is 1. The van der Waals surface area contributed by atoms with Gasteiger partial charge in [-0.15, -0.1) is 0 Å². The van der Waals surface area contributed by atoms with Crippen LogP contribution in [-0.4, -0.2) is 26.1 Å². The predicted molar refractivity (Wildman–Crippen MR) is 171 cm³/mol. The van der Waals surface area contributed by atoms with Crippen molar-refractivity contribution in [1.82, 2.24) is 14.5 Å². The third-order valence-electron chi connectivity index (χ3n) is 8.92. The van der Waals surface area contributed by atoms with Crippen LogP contribution in [0, 0.1) is 19.8 Å². The number of phenols is 1. The molecule has 0 spiro atoms. The molecule has 0 saturated heterocycles. The van der Waals surface area contributed by atoms with Gasteiger partial charge < -0.3 is 9.67 Å². The second-order valence-electron chi connectivity index (χ2n) is 12.1. The molecule has 4 aromatic rings. The number of imidazole rings is 1. The molecule has 216 valence electrons. The lowest BCUT2D eigenvalue weighted by molar-refractivity contribution is 0.145. The van der Waals surface area contributed by atoms with E-state index in [1.54, 1.807) is 0 Å². The van der Waals surface area contributed by atoms with Gasteiger partial charge in [-0.1, -0.05) is 105 Å². The molecule has 4 heteroatoms. The van der Waals surface area contributed by atoms with Crippen molar-refractivity contribution in [2.24, 2.45) is 5.92 Å². The first-order chi connectivity index (χ1) is 20.0. The zero-order valence-electron chi connectivity index (χ0n) is 25.4. The van der Waals surface area contributed by atoms with Crippen LogP contribution in [0.2, 0.25) is 0 Å². The third-order valence-corrected chi connectivity index (χ3v) is 8.92. The average Bonchev–Trinajstić information content (AvgIpc) is 3.39. The summed E-state index contributed by atoms with van der Waals surface area (Å²) in [5, 5.41) is 10.5. The molecule has 1 heterocycles. The molecule has 41 heavy (non-hydrogen) atoms. The van der Waals surface area contributed by atoms with Crippen LogP contribution < -0.4 is 0 Å². The van der Waals surface area contributed by atoms with Crippen LogP contribution in [0.3, 0.4) is 0 Å². The largest absolute Gasteiger partial charge is 0.507 e. The van der Waals surface area contributed by atoms with Gasteiger partial charge in [0.15, 0.2) is 0 Å². The van der Waals surface area contributed by atoms with Crippen molar-refractivity contribution in [2.45, 2.75) is 91.8 Å². The lowest BCUT2D eigenvalue weighted by Crippen LogP contribution is -2.34. The summed E-state index contributed by atoms with van der Waals surface area (Å²) in [6, 6.07) is 25.9. The summed E-state index contributed by atoms with van der Waals surface area (Å²) >= 11 is 0. The minimum atomic E-state index is 0.170.